The van der Waals surface area contributed by atoms with E-state index in [1.54, 1.807) is 0 Å². The molecule has 0 spiro atoms. The van der Waals surface area contributed by atoms with Gasteiger partial charge >= 0.3 is 29.1 Å². The zero-order valence-corrected chi connectivity index (χ0v) is 22.3. The molecule has 0 radical (unpaired) electrons. The molecule has 7 nitrogen and oxygen atoms in total. The van der Waals surface area contributed by atoms with Crippen molar-refractivity contribution in [2.24, 2.45) is 5.92 Å². The summed E-state index contributed by atoms with van der Waals surface area (Å²) >= 11 is 0. The maximum Gasteiger partial charge on any atom is 0.315 e. The molecule has 0 rings (SSSR count). The molecule has 0 aromatic rings. The predicted octanol–water partition coefficient (Wildman–Crippen LogP) is 4.44. The van der Waals surface area contributed by atoms with Crippen LogP contribution in [0.2, 0.25) is 65.0 Å². The van der Waals surface area contributed by atoms with Crippen molar-refractivity contribution < 1.29 is 32.1 Å². The molecule has 0 aliphatic carbocycles. The third-order valence-corrected chi connectivity index (χ3v) is 17.0. The molecule has 1 atom stereocenters. The van der Waals surface area contributed by atoms with Crippen molar-refractivity contribution in [2.45, 2.75) is 84.2 Å². The maximum atomic E-state index is 11.1. The molecule has 27 heavy (non-hydrogen) atoms. The van der Waals surface area contributed by atoms with Gasteiger partial charge in [0.1, 0.15) is 0 Å². The van der Waals surface area contributed by atoms with E-state index in [-0.39, 0.29) is 12.8 Å². The van der Waals surface area contributed by atoms with Gasteiger partial charge in [0.2, 0.25) is 0 Å². The van der Waals surface area contributed by atoms with E-state index in [0.717, 1.165) is 0 Å². The molecule has 0 aromatic carbocycles. The second-order valence-electron chi connectivity index (χ2n) is 9.66. The lowest BCUT2D eigenvalue weighted by Crippen LogP contribution is -2.56. The standard InChI is InChI=1S/C16H38O7Si4/c1-24(2,3)21-26(7,8)23-27(9,22-25(4,5)6)11-10-14(12-15(17)18)13-16(19)20/h14H,10-13H2,1-9H3,(H,17,18)(H,19,20). The Labute approximate surface area is 168 Å². The third kappa shape index (κ3) is 14.4. The molecular weight excluding hydrogens is 417 g/mol. The predicted molar refractivity (Wildman–Crippen MR) is 116 cm³/mol. The van der Waals surface area contributed by atoms with Crippen LogP contribution < -0.4 is 0 Å². The molecule has 0 aromatic heterocycles. The van der Waals surface area contributed by atoms with Crippen LogP contribution in [0.25, 0.3) is 0 Å². The number of hydrogen-bond donors (Lipinski definition) is 2. The van der Waals surface area contributed by atoms with Gasteiger partial charge in [-0.3, -0.25) is 9.59 Å². The van der Waals surface area contributed by atoms with E-state index < -0.39 is 51.6 Å². The fourth-order valence-electron chi connectivity index (χ4n) is 3.29. The van der Waals surface area contributed by atoms with Crippen molar-refractivity contribution in [1.82, 2.24) is 0 Å². The summed E-state index contributed by atoms with van der Waals surface area (Å²) in [4.78, 5) is 22.2. The summed E-state index contributed by atoms with van der Waals surface area (Å²) < 4.78 is 19.3. The first-order valence-corrected chi connectivity index (χ1v) is 21.5. The van der Waals surface area contributed by atoms with Crippen LogP contribution in [0.1, 0.15) is 19.3 Å². The van der Waals surface area contributed by atoms with Gasteiger partial charge in [-0.2, -0.15) is 0 Å². The Morgan fingerprint density at radius 2 is 1.15 bits per heavy atom. The first-order valence-electron chi connectivity index (χ1n) is 9.37. The van der Waals surface area contributed by atoms with E-state index in [2.05, 4.69) is 39.3 Å². The van der Waals surface area contributed by atoms with Gasteiger partial charge < -0.3 is 22.6 Å². The Hall–Kier alpha value is -0.312. The Morgan fingerprint density at radius 1 is 0.741 bits per heavy atom. The summed E-state index contributed by atoms with van der Waals surface area (Å²) in [5, 5.41) is 18.2. The summed E-state index contributed by atoms with van der Waals surface area (Å²) in [7, 11) is -8.76. The van der Waals surface area contributed by atoms with Crippen molar-refractivity contribution in [1.29, 1.82) is 0 Å². The minimum atomic E-state index is -2.65. The average molecular weight is 455 g/mol. The summed E-state index contributed by atoms with van der Waals surface area (Å²) in [6, 6.07) is 0.563. The number of rotatable bonds is 13. The number of aliphatic carboxylic acids is 2. The van der Waals surface area contributed by atoms with E-state index >= 15 is 0 Å². The smallest absolute Gasteiger partial charge is 0.315 e. The molecule has 0 saturated carbocycles. The van der Waals surface area contributed by atoms with Crippen molar-refractivity contribution in [3.05, 3.63) is 0 Å². The molecule has 0 aliphatic rings. The SMILES string of the molecule is C[Si](C)(C)O[Si](C)(C)O[Si](C)(CCC(CC(=O)O)CC(=O)O)O[Si](C)(C)C. The number of hydrogen-bond acceptors (Lipinski definition) is 5. The largest absolute Gasteiger partial charge is 0.481 e. The molecule has 2 N–H and O–H groups in total. The number of carbonyl (C=O) groups is 2. The van der Waals surface area contributed by atoms with Gasteiger partial charge in [-0.25, -0.2) is 0 Å². The van der Waals surface area contributed by atoms with Crippen LogP contribution in [0.3, 0.4) is 0 Å². The highest BCUT2D eigenvalue weighted by atomic mass is 28.5. The fraction of sp³-hybridized carbons (Fsp3) is 0.875. The Kier molecular flexibility index (Phi) is 9.82. The van der Waals surface area contributed by atoms with Crippen LogP contribution in [0.4, 0.5) is 0 Å². The third-order valence-electron chi connectivity index (χ3n) is 3.47. The van der Waals surface area contributed by atoms with Crippen LogP contribution in [0.5, 0.6) is 0 Å². The van der Waals surface area contributed by atoms with E-state index in [0.29, 0.717) is 12.5 Å². The Balaban J connectivity index is 5.36. The van der Waals surface area contributed by atoms with Crippen molar-refractivity contribution >= 4 is 45.7 Å². The van der Waals surface area contributed by atoms with E-state index in [9.17, 15) is 9.59 Å². The quantitative estimate of drug-likeness (QED) is 0.397. The van der Waals surface area contributed by atoms with Gasteiger partial charge in [-0.05, 0) is 77.3 Å². The summed E-state index contributed by atoms with van der Waals surface area (Å²) in [5.74, 6) is -2.38. The number of carboxylic acid groups (broad SMARTS) is 2. The first kappa shape index (κ1) is 26.7. The second-order valence-corrected chi connectivity index (χ2v) is 26.1. The lowest BCUT2D eigenvalue weighted by Gasteiger charge is -2.41. The molecule has 1 unspecified atom stereocenters. The minimum absolute atomic E-state index is 0.157. The highest BCUT2D eigenvalue weighted by molar-refractivity contribution is 6.89. The van der Waals surface area contributed by atoms with Crippen LogP contribution >= 0.6 is 0 Å². The maximum absolute atomic E-state index is 11.1. The van der Waals surface area contributed by atoms with Gasteiger partial charge in [0.15, 0.2) is 16.6 Å². The average Bonchev–Trinajstić information content (AvgIpc) is 2.27. The Bertz CT molecular complexity index is 498. The monoisotopic (exact) mass is 454 g/mol. The normalized spacial score (nSPS) is 15.6. The van der Waals surface area contributed by atoms with Crippen molar-refractivity contribution in [2.75, 3.05) is 0 Å². The second kappa shape index (κ2) is 9.94. The molecule has 0 aliphatic heterocycles. The van der Waals surface area contributed by atoms with Crippen molar-refractivity contribution in [3.8, 4) is 0 Å². The van der Waals surface area contributed by atoms with Gasteiger partial charge in [0.05, 0.1) is 0 Å². The number of carboxylic acids is 2. The molecule has 160 valence electrons. The van der Waals surface area contributed by atoms with E-state index in [1.165, 1.54) is 0 Å². The molecule has 0 amide bonds. The molecule has 0 heterocycles. The topological polar surface area (TPSA) is 102 Å². The van der Waals surface area contributed by atoms with Crippen LogP contribution in [0.15, 0.2) is 0 Å². The van der Waals surface area contributed by atoms with Gasteiger partial charge in [0.25, 0.3) is 0 Å². The Morgan fingerprint density at radius 3 is 1.48 bits per heavy atom. The zero-order valence-electron chi connectivity index (χ0n) is 18.3. The molecular formula is C16H38O7Si4. The van der Waals surface area contributed by atoms with E-state index in [4.69, 9.17) is 22.6 Å². The molecule has 0 fully saturated rings. The molecule has 0 bridgehead atoms. The highest BCUT2D eigenvalue weighted by Crippen LogP contribution is 2.30. The summed E-state index contributed by atoms with van der Waals surface area (Å²) in [6.07, 6.45) is 0.148. The van der Waals surface area contributed by atoms with Gasteiger partial charge in [-0.1, -0.05) is 0 Å². The van der Waals surface area contributed by atoms with E-state index in [1.807, 2.05) is 19.6 Å². The van der Waals surface area contributed by atoms with Crippen molar-refractivity contribution in [3.63, 3.8) is 0 Å². The van der Waals surface area contributed by atoms with Gasteiger partial charge in [0, 0.05) is 12.8 Å². The van der Waals surface area contributed by atoms with Crippen LogP contribution in [0, 0.1) is 5.92 Å². The molecule has 11 heteroatoms. The van der Waals surface area contributed by atoms with Gasteiger partial charge in [-0.15, -0.1) is 0 Å². The molecule has 0 saturated heterocycles. The van der Waals surface area contributed by atoms with Crippen LogP contribution in [-0.4, -0.2) is 55.9 Å². The fourth-order valence-corrected chi connectivity index (χ4v) is 21.4. The first-order chi connectivity index (χ1) is 11.8. The van der Waals surface area contributed by atoms with Crippen LogP contribution in [-0.2, 0) is 21.9 Å². The lowest BCUT2D eigenvalue weighted by atomic mass is 9.99. The zero-order chi connectivity index (χ0) is 21.7. The minimum Gasteiger partial charge on any atom is -0.481 e. The highest BCUT2D eigenvalue weighted by Gasteiger charge is 2.44. The summed E-state index contributed by atoms with van der Waals surface area (Å²) in [6.45, 7) is 18.7. The summed E-state index contributed by atoms with van der Waals surface area (Å²) in [5.41, 5.74) is 0. The lowest BCUT2D eigenvalue weighted by molar-refractivity contribution is -0.140.